The van der Waals surface area contributed by atoms with E-state index in [2.05, 4.69) is 15.5 Å². The fourth-order valence-corrected chi connectivity index (χ4v) is 2.27. The number of carbonyl (C=O) groups excluding carboxylic acids is 1. The molecule has 0 saturated carbocycles. The van der Waals surface area contributed by atoms with E-state index >= 15 is 0 Å². The zero-order chi connectivity index (χ0) is 15.4. The molecule has 0 unspecified atom stereocenters. The number of halogens is 1. The van der Waals surface area contributed by atoms with E-state index in [1.807, 2.05) is 16.8 Å². The molecule has 0 atom stereocenters. The third kappa shape index (κ3) is 3.29. The Balaban J connectivity index is 1.57. The van der Waals surface area contributed by atoms with Crippen molar-refractivity contribution in [2.45, 2.75) is 0 Å². The Morgan fingerprint density at radius 3 is 2.95 bits per heavy atom. The number of benzene rings is 1. The summed E-state index contributed by atoms with van der Waals surface area (Å²) in [7, 11) is 0. The fourth-order valence-electron chi connectivity index (χ4n) is 1.64. The number of amides is 1. The lowest BCUT2D eigenvalue weighted by molar-refractivity contribution is -0.118. The van der Waals surface area contributed by atoms with Crippen LogP contribution < -0.4 is 10.1 Å². The molecule has 112 valence electrons. The summed E-state index contributed by atoms with van der Waals surface area (Å²) < 4.78 is 23.7. The lowest BCUT2D eigenvalue weighted by atomic mass is 10.3. The molecule has 2 aromatic heterocycles. The van der Waals surface area contributed by atoms with Gasteiger partial charge < -0.3 is 9.15 Å². The minimum atomic E-state index is -0.534. The molecule has 0 spiro atoms. The molecule has 0 radical (unpaired) electrons. The maximum absolute atomic E-state index is 13.3. The van der Waals surface area contributed by atoms with Gasteiger partial charge in [-0.2, -0.15) is 11.3 Å². The highest BCUT2D eigenvalue weighted by molar-refractivity contribution is 7.08. The normalized spacial score (nSPS) is 10.4. The van der Waals surface area contributed by atoms with Crippen LogP contribution in [0.5, 0.6) is 5.75 Å². The second-order valence-corrected chi connectivity index (χ2v) is 4.97. The number of para-hydroxylation sites is 1. The van der Waals surface area contributed by atoms with Crippen LogP contribution >= 0.6 is 11.3 Å². The Bertz CT molecular complexity index is 773. The number of ether oxygens (including phenoxy) is 1. The Hall–Kier alpha value is -2.74. The highest BCUT2D eigenvalue weighted by Crippen LogP contribution is 2.22. The van der Waals surface area contributed by atoms with Gasteiger partial charge in [0.1, 0.15) is 0 Å². The van der Waals surface area contributed by atoms with E-state index in [-0.39, 0.29) is 18.4 Å². The van der Waals surface area contributed by atoms with E-state index < -0.39 is 11.7 Å². The van der Waals surface area contributed by atoms with Gasteiger partial charge >= 0.3 is 6.01 Å². The first-order valence-electron chi connectivity index (χ1n) is 6.25. The van der Waals surface area contributed by atoms with Crippen LogP contribution in [0.25, 0.3) is 11.5 Å². The number of thiophene rings is 1. The number of nitrogens with one attached hydrogen (secondary N) is 1. The summed E-state index contributed by atoms with van der Waals surface area (Å²) in [6.45, 7) is -0.364. The van der Waals surface area contributed by atoms with Crippen molar-refractivity contribution in [1.29, 1.82) is 0 Å². The van der Waals surface area contributed by atoms with E-state index in [4.69, 9.17) is 9.15 Å². The zero-order valence-corrected chi connectivity index (χ0v) is 12.0. The topological polar surface area (TPSA) is 77.2 Å². The first kappa shape index (κ1) is 14.2. The maximum Gasteiger partial charge on any atom is 0.322 e. The standard InChI is InChI=1S/C14H10FN3O3S/c15-10-3-1-2-4-11(10)20-7-12(19)16-14-18-17-13(21-14)9-5-6-22-8-9/h1-6,8H,7H2,(H,16,18,19). The highest BCUT2D eigenvalue weighted by atomic mass is 32.1. The first-order valence-corrected chi connectivity index (χ1v) is 7.20. The summed E-state index contributed by atoms with van der Waals surface area (Å²) >= 11 is 1.49. The molecule has 3 rings (SSSR count). The van der Waals surface area contributed by atoms with Crippen LogP contribution in [0.3, 0.4) is 0 Å². The van der Waals surface area contributed by atoms with E-state index in [1.54, 1.807) is 6.07 Å². The van der Waals surface area contributed by atoms with E-state index in [0.29, 0.717) is 5.89 Å². The molecule has 6 nitrogen and oxygen atoms in total. The van der Waals surface area contributed by atoms with Crippen LogP contribution in [0.1, 0.15) is 0 Å². The number of rotatable bonds is 5. The lowest BCUT2D eigenvalue weighted by Crippen LogP contribution is -2.20. The predicted octanol–water partition coefficient (Wildman–Crippen LogP) is 2.95. The molecule has 0 saturated heterocycles. The number of aromatic nitrogens is 2. The summed E-state index contributed by atoms with van der Waals surface area (Å²) in [6, 6.07) is 7.62. The minimum Gasteiger partial charge on any atom is -0.481 e. The van der Waals surface area contributed by atoms with Crippen LogP contribution in [-0.2, 0) is 4.79 Å². The van der Waals surface area contributed by atoms with Crippen LogP contribution in [0, 0.1) is 5.82 Å². The molecule has 1 N–H and O–H groups in total. The van der Waals surface area contributed by atoms with Crippen molar-refractivity contribution >= 4 is 23.3 Å². The molecule has 1 amide bonds. The number of carbonyl (C=O) groups is 1. The van der Waals surface area contributed by atoms with E-state index in [0.717, 1.165) is 5.56 Å². The van der Waals surface area contributed by atoms with Gasteiger partial charge in [0.15, 0.2) is 18.2 Å². The lowest BCUT2D eigenvalue weighted by Gasteiger charge is -2.05. The first-order chi connectivity index (χ1) is 10.7. The van der Waals surface area contributed by atoms with Crippen LogP contribution in [0.15, 0.2) is 45.5 Å². The number of hydrogen-bond acceptors (Lipinski definition) is 6. The number of hydrogen-bond donors (Lipinski definition) is 1. The van der Waals surface area contributed by atoms with Crippen molar-refractivity contribution in [3.8, 4) is 17.2 Å². The minimum absolute atomic E-state index is 0.00198. The molecule has 0 fully saturated rings. The van der Waals surface area contributed by atoms with Gasteiger partial charge in [0.25, 0.3) is 11.8 Å². The van der Waals surface area contributed by atoms with E-state index in [1.165, 1.54) is 29.5 Å². The Morgan fingerprint density at radius 1 is 1.32 bits per heavy atom. The third-order valence-electron chi connectivity index (χ3n) is 2.63. The third-order valence-corrected chi connectivity index (χ3v) is 3.32. The largest absolute Gasteiger partial charge is 0.481 e. The predicted molar refractivity (Wildman–Crippen MR) is 78.1 cm³/mol. The average Bonchev–Trinajstić information content (AvgIpc) is 3.17. The molecule has 0 aliphatic heterocycles. The van der Waals surface area contributed by atoms with Gasteiger partial charge in [0.2, 0.25) is 0 Å². The van der Waals surface area contributed by atoms with Gasteiger partial charge in [-0.3, -0.25) is 10.1 Å². The summed E-state index contributed by atoms with van der Waals surface area (Å²) in [6.07, 6.45) is 0. The summed E-state index contributed by atoms with van der Waals surface area (Å²) in [5.41, 5.74) is 0.778. The van der Waals surface area contributed by atoms with Crippen molar-refractivity contribution < 1.29 is 18.3 Å². The smallest absolute Gasteiger partial charge is 0.322 e. The molecule has 22 heavy (non-hydrogen) atoms. The number of nitrogens with zero attached hydrogens (tertiary/aromatic N) is 2. The van der Waals surface area contributed by atoms with Crippen molar-refractivity contribution in [2.75, 3.05) is 11.9 Å². The summed E-state index contributed by atoms with van der Waals surface area (Å²) in [5, 5.41) is 13.6. The Labute approximate surface area is 128 Å². The van der Waals surface area contributed by atoms with Crippen molar-refractivity contribution in [1.82, 2.24) is 10.2 Å². The van der Waals surface area contributed by atoms with Crippen molar-refractivity contribution in [3.05, 3.63) is 46.9 Å². The summed E-state index contributed by atoms with van der Waals surface area (Å²) in [4.78, 5) is 11.7. The fraction of sp³-hybridized carbons (Fsp3) is 0.0714. The SMILES string of the molecule is O=C(COc1ccccc1F)Nc1nnc(-c2ccsc2)o1. The Kier molecular flexibility index (Phi) is 4.10. The molecule has 1 aromatic carbocycles. The second-order valence-electron chi connectivity index (χ2n) is 4.19. The van der Waals surface area contributed by atoms with Crippen molar-refractivity contribution in [2.24, 2.45) is 0 Å². The van der Waals surface area contributed by atoms with Crippen LogP contribution in [0.2, 0.25) is 0 Å². The van der Waals surface area contributed by atoms with Gasteiger partial charge in [0.05, 0.1) is 0 Å². The van der Waals surface area contributed by atoms with Gasteiger partial charge in [0, 0.05) is 10.9 Å². The average molecular weight is 319 g/mol. The monoisotopic (exact) mass is 319 g/mol. The Morgan fingerprint density at radius 2 is 2.18 bits per heavy atom. The van der Waals surface area contributed by atoms with Gasteiger partial charge in [-0.05, 0) is 23.6 Å². The molecule has 2 heterocycles. The number of anilines is 1. The second kappa shape index (κ2) is 6.35. The molecule has 0 aliphatic carbocycles. The van der Waals surface area contributed by atoms with Gasteiger partial charge in [-0.1, -0.05) is 17.2 Å². The van der Waals surface area contributed by atoms with Gasteiger partial charge in [-0.15, -0.1) is 5.10 Å². The molecular formula is C14H10FN3O3S. The molecule has 3 aromatic rings. The van der Waals surface area contributed by atoms with Crippen LogP contribution in [0.4, 0.5) is 10.4 Å². The van der Waals surface area contributed by atoms with Crippen molar-refractivity contribution in [3.63, 3.8) is 0 Å². The summed E-state index contributed by atoms with van der Waals surface area (Å²) in [5.74, 6) is -0.745. The van der Waals surface area contributed by atoms with Gasteiger partial charge in [-0.25, -0.2) is 4.39 Å². The zero-order valence-electron chi connectivity index (χ0n) is 11.2. The molecule has 0 bridgehead atoms. The molecule has 0 aliphatic rings. The highest BCUT2D eigenvalue weighted by Gasteiger charge is 2.12. The maximum atomic E-state index is 13.3. The van der Waals surface area contributed by atoms with E-state index in [9.17, 15) is 9.18 Å². The molecule has 8 heteroatoms. The quantitative estimate of drug-likeness (QED) is 0.782. The van der Waals surface area contributed by atoms with Crippen LogP contribution in [-0.4, -0.2) is 22.7 Å². The molecular weight excluding hydrogens is 309 g/mol.